The number of rotatable bonds is 4. The lowest BCUT2D eigenvalue weighted by Gasteiger charge is -2.20. The van der Waals surface area contributed by atoms with E-state index in [9.17, 15) is 14.0 Å². The Morgan fingerprint density at radius 3 is 2.78 bits per heavy atom. The Balaban J connectivity index is 2.74. The largest absolute Gasteiger partial charge is 0.469 e. The van der Waals surface area contributed by atoms with Crippen LogP contribution in [0.1, 0.15) is 17.3 Å². The molecule has 1 heterocycles. The molecule has 1 aromatic heterocycles. The molecule has 0 aliphatic rings. The van der Waals surface area contributed by atoms with Crippen LogP contribution in [0.3, 0.4) is 0 Å². The van der Waals surface area contributed by atoms with Crippen molar-refractivity contribution in [2.24, 2.45) is 5.92 Å². The van der Waals surface area contributed by atoms with Crippen molar-refractivity contribution in [1.82, 2.24) is 9.88 Å². The fraction of sp³-hybridized carbons (Fsp3) is 0.417. The van der Waals surface area contributed by atoms with Gasteiger partial charge in [0.25, 0.3) is 5.91 Å². The van der Waals surface area contributed by atoms with Gasteiger partial charge in [-0.1, -0.05) is 6.92 Å². The van der Waals surface area contributed by atoms with E-state index in [0.717, 1.165) is 6.20 Å². The highest BCUT2D eigenvalue weighted by Crippen LogP contribution is 2.09. The van der Waals surface area contributed by atoms with Gasteiger partial charge in [-0.15, -0.1) is 0 Å². The predicted octanol–water partition coefficient (Wildman–Crippen LogP) is 1.10. The van der Waals surface area contributed by atoms with Crippen LogP contribution in [0.2, 0.25) is 0 Å². The average Bonchev–Trinajstić information content (AvgIpc) is 2.37. The van der Waals surface area contributed by atoms with Gasteiger partial charge in [-0.25, -0.2) is 4.39 Å². The summed E-state index contributed by atoms with van der Waals surface area (Å²) in [4.78, 5) is 28.0. The van der Waals surface area contributed by atoms with Gasteiger partial charge in [-0.3, -0.25) is 14.6 Å². The third kappa shape index (κ3) is 3.26. The van der Waals surface area contributed by atoms with Crippen molar-refractivity contribution in [3.05, 3.63) is 29.8 Å². The van der Waals surface area contributed by atoms with Crippen LogP contribution in [-0.2, 0) is 9.53 Å². The fourth-order valence-corrected chi connectivity index (χ4v) is 1.52. The number of carbonyl (C=O) groups excluding carboxylic acids is 2. The van der Waals surface area contributed by atoms with Gasteiger partial charge in [0.1, 0.15) is 0 Å². The predicted molar refractivity (Wildman–Crippen MR) is 62.3 cm³/mol. The molecule has 6 heteroatoms. The van der Waals surface area contributed by atoms with Crippen molar-refractivity contribution in [2.45, 2.75) is 6.92 Å². The number of aromatic nitrogens is 1. The van der Waals surface area contributed by atoms with Crippen LogP contribution < -0.4 is 0 Å². The molecule has 0 spiro atoms. The highest BCUT2D eigenvalue weighted by molar-refractivity contribution is 5.94. The van der Waals surface area contributed by atoms with Crippen LogP contribution >= 0.6 is 0 Å². The summed E-state index contributed by atoms with van der Waals surface area (Å²) in [7, 11) is 2.78. The molecule has 0 fully saturated rings. The minimum atomic E-state index is -0.680. The van der Waals surface area contributed by atoms with Gasteiger partial charge in [-0.2, -0.15) is 0 Å². The molecule has 1 unspecified atom stereocenters. The molecule has 1 amide bonds. The lowest BCUT2D eigenvalue weighted by atomic mass is 10.1. The lowest BCUT2D eigenvalue weighted by Crippen LogP contribution is -2.34. The first-order valence-electron chi connectivity index (χ1n) is 5.40. The maximum Gasteiger partial charge on any atom is 0.310 e. The molecular formula is C12H15FN2O3. The van der Waals surface area contributed by atoms with E-state index in [1.54, 1.807) is 6.92 Å². The summed E-state index contributed by atoms with van der Waals surface area (Å²) in [6.45, 7) is 1.80. The lowest BCUT2D eigenvalue weighted by molar-refractivity contribution is -0.145. The molecule has 5 nitrogen and oxygen atoms in total. The van der Waals surface area contributed by atoms with Crippen LogP contribution in [0.15, 0.2) is 18.5 Å². The van der Waals surface area contributed by atoms with Gasteiger partial charge in [-0.05, 0) is 6.07 Å². The minimum absolute atomic E-state index is 0.0652. The number of halogens is 1. The third-order valence-corrected chi connectivity index (χ3v) is 2.50. The van der Waals surface area contributed by atoms with Crippen LogP contribution in [0, 0.1) is 11.7 Å². The van der Waals surface area contributed by atoms with Crippen molar-refractivity contribution in [1.29, 1.82) is 0 Å². The Kier molecular flexibility index (Phi) is 4.76. The maximum atomic E-state index is 13.4. The number of nitrogens with zero attached hydrogens (tertiary/aromatic N) is 2. The van der Waals surface area contributed by atoms with Gasteiger partial charge in [0.2, 0.25) is 0 Å². The molecule has 0 aliphatic heterocycles. The van der Waals surface area contributed by atoms with Crippen LogP contribution in [0.5, 0.6) is 0 Å². The number of carbonyl (C=O) groups is 2. The topological polar surface area (TPSA) is 59.5 Å². The van der Waals surface area contributed by atoms with Crippen LogP contribution in [0.4, 0.5) is 4.39 Å². The van der Waals surface area contributed by atoms with Crippen molar-refractivity contribution in [2.75, 3.05) is 20.7 Å². The average molecular weight is 254 g/mol. The normalized spacial score (nSPS) is 11.8. The summed E-state index contributed by atoms with van der Waals surface area (Å²) >= 11 is 0. The SMILES string of the molecule is COC(=O)C(C)CN(C)C(=O)c1ccncc1F. The Labute approximate surface area is 105 Å². The Morgan fingerprint density at radius 1 is 1.56 bits per heavy atom. The number of hydrogen-bond donors (Lipinski definition) is 0. The third-order valence-electron chi connectivity index (χ3n) is 2.50. The van der Waals surface area contributed by atoms with E-state index in [0.29, 0.717) is 0 Å². The molecule has 0 saturated carbocycles. The van der Waals surface area contributed by atoms with Gasteiger partial charge < -0.3 is 9.64 Å². The Morgan fingerprint density at radius 2 is 2.22 bits per heavy atom. The highest BCUT2D eigenvalue weighted by atomic mass is 19.1. The highest BCUT2D eigenvalue weighted by Gasteiger charge is 2.21. The summed E-state index contributed by atoms with van der Waals surface area (Å²) in [5.41, 5.74) is -0.0652. The zero-order valence-corrected chi connectivity index (χ0v) is 10.5. The second kappa shape index (κ2) is 6.09. The fourth-order valence-electron chi connectivity index (χ4n) is 1.52. The molecule has 0 aromatic carbocycles. The molecule has 0 N–H and O–H groups in total. The number of ether oxygens (including phenoxy) is 1. The smallest absolute Gasteiger partial charge is 0.310 e. The zero-order chi connectivity index (χ0) is 13.7. The number of amides is 1. The van der Waals surface area contributed by atoms with Crippen LogP contribution in [-0.4, -0.2) is 42.5 Å². The molecular weight excluding hydrogens is 239 g/mol. The van der Waals surface area contributed by atoms with Crippen molar-refractivity contribution in [3.63, 3.8) is 0 Å². The second-order valence-electron chi connectivity index (χ2n) is 3.97. The molecule has 1 rings (SSSR count). The maximum absolute atomic E-state index is 13.4. The van der Waals surface area contributed by atoms with E-state index in [2.05, 4.69) is 9.72 Å². The number of esters is 1. The first-order valence-corrected chi connectivity index (χ1v) is 5.40. The van der Waals surface area contributed by atoms with E-state index in [1.807, 2.05) is 0 Å². The second-order valence-corrected chi connectivity index (χ2v) is 3.97. The van der Waals surface area contributed by atoms with Crippen LogP contribution in [0.25, 0.3) is 0 Å². The summed E-state index contributed by atoms with van der Waals surface area (Å²) in [6.07, 6.45) is 2.32. The molecule has 18 heavy (non-hydrogen) atoms. The molecule has 1 aromatic rings. The molecule has 0 saturated heterocycles. The van der Waals surface area contributed by atoms with Crippen molar-refractivity contribution in [3.8, 4) is 0 Å². The summed E-state index contributed by atoms with van der Waals surface area (Å²) in [6, 6.07) is 1.30. The summed E-state index contributed by atoms with van der Waals surface area (Å²) < 4.78 is 17.9. The standard InChI is InChI=1S/C12H15FN2O3/c1-8(12(17)18-3)7-15(2)11(16)9-4-5-14-6-10(9)13/h4-6,8H,7H2,1-3H3. The monoisotopic (exact) mass is 254 g/mol. The molecule has 0 radical (unpaired) electrons. The number of hydrogen-bond acceptors (Lipinski definition) is 4. The summed E-state index contributed by atoms with van der Waals surface area (Å²) in [5.74, 6) is -2.05. The Hall–Kier alpha value is -1.98. The Bertz CT molecular complexity index is 451. The molecule has 98 valence electrons. The first-order chi connectivity index (χ1) is 8.47. The number of methoxy groups -OCH3 is 1. The van der Waals surface area contributed by atoms with Gasteiger partial charge in [0.15, 0.2) is 5.82 Å². The van der Waals surface area contributed by atoms with E-state index in [-0.39, 0.29) is 12.1 Å². The molecule has 1 atom stereocenters. The van der Waals surface area contributed by atoms with E-state index < -0.39 is 23.6 Å². The van der Waals surface area contributed by atoms with Crippen molar-refractivity contribution < 1.29 is 18.7 Å². The van der Waals surface area contributed by atoms with E-state index >= 15 is 0 Å². The quantitative estimate of drug-likeness (QED) is 0.755. The molecule has 0 aliphatic carbocycles. The zero-order valence-electron chi connectivity index (χ0n) is 10.5. The minimum Gasteiger partial charge on any atom is -0.469 e. The molecule has 0 bridgehead atoms. The van der Waals surface area contributed by atoms with E-state index in [4.69, 9.17) is 0 Å². The summed E-state index contributed by atoms with van der Waals surface area (Å²) in [5, 5.41) is 0. The van der Waals surface area contributed by atoms with Gasteiger partial charge in [0.05, 0.1) is 24.8 Å². The number of pyridine rings is 1. The van der Waals surface area contributed by atoms with E-state index in [1.165, 1.54) is 31.3 Å². The first kappa shape index (κ1) is 14.1. The van der Waals surface area contributed by atoms with Crippen molar-refractivity contribution >= 4 is 11.9 Å². The van der Waals surface area contributed by atoms with Gasteiger partial charge in [0, 0.05) is 19.8 Å². The van der Waals surface area contributed by atoms with Gasteiger partial charge >= 0.3 is 5.97 Å².